The van der Waals surface area contributed by atoms with Gasteiger partial charge in [0.15, 0.2) is 11.5 Å². The van der Waals surface area contributed by atoms with E-state index in [1.807, 2.05) is 24.3 Å². The highest BCUT2D eigenvalue weighted by Crippen LogP contribution is 2.44. The predicted octanol–water partition coefficient (Wildman–Crippen LogP) is 3.70. The smallest absolute Gasteiger partial charge is 0.407 e. The fraction of sp³-hybridized carbons (Fsp3) is 0.308. The standard InChI is InChI=1S/C26H25N3O6/c30-24(27-13-15-12-23(25(31)32)29-35-15)20-10-5-11-22(20)28-26(33)34-14-21-18-8-3-1-6-16(18)17-7-2-4-9-19(17)21/h1-4,6-9,12,20-22H,5,10-11,13-14H2,(H,27,30)(H,28,33)(H,31,32). The van der Waals surface area contributed by atoms with Gasteiger partial charge in [-0.3, -0.25) is 4.79 Å². The van der Waals surface area contributed by atoms with Gasteiger partial charge in [0.25, 0.3) is 0 Å². The molecule has 1 fully saturated rings. The predicted molar refractivity (Wildman–Crippen MR) is 125 cm³/mol. The molecule has 2 aromatic carbocycles. The monoisotopic (exact) mass is 475 g/mol. The first-order valence-electron chi connectivity index (χ1n) is 11.6. The van der Waals surface area contributed by atoms with Crippen LogP contribution in [0.3, 0.4) is 0 Å². The minimum atomic E-state index is -1.20. The number of fused-ring (bicyclic) bond motifs is 3. The van der Waals surface area contributed by atoms with Crippen molar-refractivity contribution in [3.63, 3.8) is 0 Å². The summed E-state index contributed by atoms with van der Waals surface area (Å²) in [5, 5.41) is 17.9. The first-order valence-corrected chi connectivity index (χ1v) is 11.6. The molecule has 0 saturated heterocycles. The molecule has 0 aliphatic heterocycles. The maximum Gasteiger partial charge on any atom is 0.407 e. The molecule has 3 aromatic rings. The number of alkyl carbamates (subject to hydrolysis) is 1. The Morgan fingerprint density at radius 3 is 2.37 bits per heavy atom. The van der Waals surface area contributed by atoms with E-state index in [-0.39, 0.29) is 42.5 Å². The molecule has 2 aliphatic carbocycles. The molecular formula is C26H25N3O6. The molecule has 35 heavy (non-hydrogen) atoms. The Hall–Kier alpha value is -4.14. The van der Waals surface area contributed by atoms with Crippen LogP contribution < -0.4 is 10.6 Å². The third-order valence-corrected chi connectivity index (χ3v) is 6.71. The number of nitrogens with zero attached hydrogens (tertiary/aromatic N) is 1. The van der Waals surface area contributed by atoms with Crippen molar-refractivity contribution in [2.45, 2.75) is 37.8 Å². The van der Waals surface area contributed by atoms with Gasteiger partial charge < -0.3 is 25.0 Å². The van der Waals surface area contributed by atoms with Gasteiger partial charge in [0.05, 0.1) is 12.5 Å². The molecule has 2 atom stereocenters. The lowest BCUT2D eigenvalue weighted by molar-refractivity contribution is -0.125. The number of ether oxygens (including phenoxy) is 1. The molecule has 2 amide bonds. The number of carbonyl (C=O) groups excluding carboxylic acids is 2. The van der Waals surface area contributed by atoms with E-state index in [1.165, 1.54) is 6.07 Å². The van der Waals surface area contributed by atoms with Crippen molar-refractivity contribution < 1.29 is 28.8 Å². The Bertz CT molecular complexity index is 1220. The first kappa shape index (κ1) is 22.6. The second-order valence-corrected chi connectivity index (χ2v) is 8.82. The fourth-order valence-corrected chi connectivity index (χ4v) is 5.04. The van der Waals surface area contributed by atoms with Gasteiger partial charge in [-0.1, -0.05) is 60.1 Å². The number of carboxylic acid groups (broad SMARTS) is 1. The van der Waals surface area contributed by atoms with Crippen molar-refractivity contribution >= 4 is 18.0 Å². The van der Waals surface area contributed by atoms with E-state index in [1.54, 1.807) is 0 Å². The zero-order valence-electron chi connectivity index (χ0n) is 18.9. The summed E-state index contributed by atoms with van der Waals surface area (Å²) in [7, 11) is 0. The largest absolute Gasteiger partial charge is 0.476 e. The van der Waals surface area contributed by atoms with Gasteiger partial charge >= 0.3 is 12.1 Å². The maximum absolute atomic E-state index is 12.7. The quantitative estimate of drug-likeness (QED) is 0.475. The zero-order valence-corrected chi connectivity index (χ0v) is 18.9. The van der Waals surface area contributed by atoms with Gasteiger partial charge in [0, 0.05) is 18.0 Å². The SMILES string of the molecule is O=C(NC1CCCC1C(=O)NCc1cc(C(=O)O)no1)OCC1c2ccccc2-c2ccccc21. The molecule has 9 heteroatoms. The summed E-state index contributed by atoms with van der Waals surface area (Å²) >= 11 is 0. The van der Waals surface area contributed by atoms with Crippen LogP contribution in [-0.4, -0.2) is 40.9 Å². The van der Waals surface area contributed by atoms with Crippen LogP contribution in [0.5, 0.6) is 0 Å². The number of nitrogens with one attached hydrogen (secondary N) is 2. The van der Waals surface area contributed by atoms with Crippen LogP contribution in [0.1, 0.15) is 52.6 Å². The van der Waals surface area contributed by atoms with Crippen LogP contribution >= 0.6 is 0 Å². The van der Waals surface area contributed by atoms with E-state index < -0.39 is 18.0 Å². The van der Waals surface area contributed by atoms with Crippen LogP contribution in [-0.2, 0) is 16.1 Å². The van der Waals surface area contributed by atoms with Crippen LogP contribution in [0, 0.1) is 5.92 Å². The van der Waals surface area contributed by atoms with E-state index in [0.29, 0.717) is 12.8 Å². The van der Waals surface area contributed by atoms with Crippen molar-refractivity contribution in [2.75, 3.05) is 6.61 Å². The molecule has 2 aliphatic rings. The molecule has 2 unspecified atom stereocenters. The number of aromatic carboxylic acids is 1. The summed E-state index contributed by atoms with van der Waals surface area (Å²) in [5.74, 6) is -1.63. The van der Waals surface area contributed by atoms with Gasteiger partial charge in [0.1, 0.15) is 6.61 Å². The van der Waals surface area contributed by atoms with E-state index in [9.17, 15) is 14.4 Å². The lowest BCUT2D eigenvalue weighted by Crippen LogP contribution is -2.44. The average molecular weight is 476 g/mol. The number of benzene rings is 2. The molecule has 9 nitrogen and oxygen atoms in total. The minimum Gasteiger partial charge on any atom is -0.476 e. The second-order valence-electron chi connectivity index (χ2n) is 8.82. The van der Waals surface area contributed by atoms with Gasteiger partial charge in [-0.05, 0) is 35.1 Å². The Kier molecular flexibility index (Phi) is 6.22. The van der Waals surface area contributed by atoms with E-state index in [0.717, 1.165) is 28.7 Å². The van der Waals surface area contributed by atoms with Gasteiger partial charge in [-0.2, -0.15) is 0 Å². The Balaban J connectivity index is 1.16. The van der Waals surface area contributed by atoms with Crippen LogP contribution in [0.4, 0.5) is 4.79 Å². The number of rotatable bonds is 7. The van der Waals surface area contributed by atoms with Crippen LogP contribution in [0.15, 0.2) is 59.1 Å². The second kappa shape index (κ2) is 9.61. The Labute approximate surface area is 201 Å². The lowest BCUT2D eigenvalue weighted by Gasteiger charge is -2.21. The normalized spacial score (nSPS) is 18.5. The third kappa shape index (κ3) is 4.62. The first-order chi connectivity index (χ1) is 17.0. The van der Waals surface area contributed by atoms with E-state index >= 15 is 0 Å². The van der Waals surface area contributed by atoms with Crippen LogP contribution in [0.2, 0.25) is 0 Å². The Morgan fingerprint density at radius 1 is 1.03 bits per heavy atom. The number of amides is 2. The zero-order chi connectivity index (χ0) is 24.4. The van der Waals surface area contributed by atoms with Crippen molar-refractivity contribution in [1.82, 2.24) is 15.8 Å². The summed E-state index contributed by atoms with van der Waals surface area (Å²) in [5.41, 5.74) is 4.37. The number of hydrogen-bond acceptors (Lipinski definition) is 6. The molecule has 1 saturated carbocycles. The summed E-state index contributed by atoms with van der Waals surface area (Å²) in [4.78, 5) is 36.3. The number of aromatic nitrogens is 1. The number of carboxylic acids is 1. The Morgan fingerprint density at radius 2 is 1.71 bits per heavy atom. The highest BCUT2D eigenvalue weighted by Gasteiger charge is 2.35. The van der Waals surface area contributed by atoms with Gasteiger partial charge in [-0.15, -0.1) is 0 Å². The van der Waals surface area contributed by atoms with Crippen molar-refractivity contribution in [3.8, 4) is 11.1 Å². The van der Waals surface area contributed by atoms with Gasteiger partial charge in [-0.25, -0.2) is 9.59 Å². The summed E-state index contributed by atoms with van der Waals surface area (Å²) < 4.78 is 10.5. The fourth-order valence-electron chi connectivity index (χ4n) is 5.04. The summed E-state index contributed by atoms with van der Waals surface area (Å²) in [6.45, 7) is 0.230. The third-order valence-electron chi connectivity index (χ3n) is 6.71. The summed E-state index contributed by atoms with van der Waals surface area (Å²) in [6.07, 6.45) is 1.57. The highest BCUT2D eigenvalue weighted by molar-refractivity contribution is 5.85. The molecular weight excluding hydrogens is 450 g/mol. The molecule has 3 N–H and O–H groups in total. The topological polar surface area (TPSA) is 131 Å². The number of carbonyl (C=O) groups is 3. The van der Waals surface area contributed by atoms with Crippen molar-refractivity contribution in [2.24, 2.45) is 5.92 Å². The molecule has 180 valence electrons. The summed E-state index contributed by atoms with van der Waals surface area (Å²) in [6, 6.07) is 17.2. The van der Waals surface area contributed by atoms with Crippen LogP contribution in [0.25, 0.3) is 11.1 Å². The van der Waals surface area contributed by atoms with Crippen molar-refractivity contribution in [1.29, 1.82) is 0 Å². The molecule has 1 heterocycles. The van der Waals surface area contributed by atoms with Gasteiger partial charge in [0.2, 0.25) is 5.91 Å². The number of hydrogen-bond donors (Lipinski definition) is 3. The maximum atomic E-state index is 12.7. The molecule has 0 bridgehead atoms. The van der Waals surface area contributed by atoms with Crippen molar-refractivity contribution in [3.05, 3.63) is 77.2 Å². The average Bonchev–Trinajstić information content (AvgIpc) is 3.59. The minimum absolute atomic E-state index is 0.0211. The molecule has 0 spiro atoms. The molecule has 1 aromatic heterocycles. The van der Waals surface area contributed by atoms with E-state index in [4.69, 9.17) is 14.4 Å². The highest BCUT2D eigenvalue weighted by atomic mass is 16.5. The lowest BCUT2D eigenvalue weighted by atomic mass is 9.98. The molecule has 5 rings (SSSR count). The molecule has 0 radical (unpaired) electrons. The van der Waals surface area contributed by atoms with E-state index in [2.05, 4.69) is 40.1 Å².